The van der Waals surface area contributed by atoms with E-state index in [2.05, 4.69) is 15.4 Å². The first-order chi connectivity index (χ1) is 14.1. The van der Waals surface area contributed by atoms with E-state index in [0.29, 0.717) is 29.0 Å². The van der Waals surface area contributed by atoms with Crippen LogP contribution in [0, 0.1) is 0 Å². The molecule has 0 bridgehead atoms. The summed E-state index contributed by atoms with van der Waals surface area (Å²) in [7, 11) is 0. The molecule has 0 unspecified atom stereocenters. The fourth-order valence-electron chi connectivity index (χ4n) is 3.07. The maximum atomic E-state index is 12.7. The number of fused-ring (bicyclic) bond motifs is 1. The number of carbonyl (C=O) groups is 1. The fourth-order valence-corrected chi connectivity index (χ4v) is 3.28. The Morgan fingerprint density at radius 3 is 2.72 bits per heavy atom. The van der Waals surface area contributed by atoms with Crippen LogP contribution in [0.3, 0.4) is 0 Å². The van der Waals surface area contributed by atoms with Gasteiger partial charge in [0.1, 0.15) is 18.3 Å². The maximum Gasteiger partial charge on any atom is 0.264 e. The van der Waals surface area contributed by atoms with Gasteiger partial charge in [-0.3, -0.25) is 14.2 Å². The van der Waals surface area contributed by atoms with E-state index in [-0.39, 0.29) is 18.0 Å². The predicted molar refractivity (Wildman–Crippen MR) is 111 cm³/mol. The topological polar surface area (TPSA) is 81.8 Å². The Bertz CT molecular complexity index is 1220. The zero-order valence-corrected chi connectivity index (χ0v) is 16.2. The highest BCUT2D eigenvalue weighted by atomic mass is 35.5. The lowest BCUT2D eigenvalue weighted by molar-refractivity contribution is -0.121. The number of rotatable bonds is 6. The van der Waals surface area contributed by atoms with Crippen molar-refractivity contribution >= 4 is 28.5 Å². The van der Waals surface area contributed by atoms with Crippen LogP contribution in [0.25, 0.3) is 16.7 Å². The van der Waals surface area contributed by atoms with Crippen LogP contribution in [0.15, 0.2) is 71.9 Å². The summed E-state index contributed by atoms with van der Waals surface area (Å²) in [6, 6.07) is 16.9. The molecule has 0 fully saturated rings. The van der Waals surface area contributed by atoms with Crippen LogP contribution in [0.5, 0.6) is 0 Å². The van der Waals surface area contributed by atoms with Crippen LogP contribution in [0.2, 0.25) is 5.02 Å². The number of nitrogens with zero attached hydrogens (tertiary/aromatic N) is 4. The largest absolute Gasteiger partial charge is 0.354 e. The molecule has 8 heteroatoms. The quantitative estimate of drug-likeness (QED) is 0.532. The lowest BCUT2D eigenvalue weighted by atomic mass is 10.1. The van der Waals surface area contributed by atoms with Gasteiger partial charge in [-0.2, -0.15) is 5.10 Å². The van der Waals surface area contributed by atoms with Gasteiger partial charge in [-0.25, -0.2) is 9.67 Å². The van der Waals surface area contributed by atoms with Crippen molar-refractivity contribution in [1.29, 1.82) is 0 Å². The Labute approximate surface area is 171 Å². The van der Waals surface area contributed by atoms with Crippen LogP contribution in [-0.2, 0) is 17.8 Å². The second-order valence-corrected chi connectivity index (χ2v) is 6.97. The van der Waals surface area contributed by atoms with Crippen molar-refractivity contribution in [3.8, 4) is 5.69 Å². The molecule has 0 saturated heterocycles. The highest BCUT2D eigenvalue weighted by Crippen LogP contribution is 2.13. The third-order valence-corrected chi connectivity index (χ3v) is 4.73. The van der Waals surface area contributed by atoms with E-state index in [4.69, 9.17) is 11.6 Å². The third-order valence-electron chi connectivity index (χ3n) is 4.49. The molecule has 0 aliphatic carbocycles. The monoisotopic (exact) mass is 407 g/mol. The Balaban J connectivity index is 1.45. The summed E-state index contributed by atoms with van der Waals surface area (Å²) in [5.41, 5.74) is 2.00. The van der Waals surface area contributed by atoms with Crippen LogP contribution < -0.4 is 10.9 Å². The van der Waals surface area contributed by atoms with Crippen molar-refractivity contribution in [2.75, 3.05) is 6.54 Å². The van der Waals surface area contributed by atoms with E-state index in [1.807, 2.05) is 48.5 Å². The highest BCUT2D eigenvalue weighted by molar-refractivity contribution is 6.30. The summed E-state index contributed by atoms with van der Waals surface area (Å²) >= 11 is 5.96. The van der Waals surface area contributed by atoms with E-state index < -0.39 is 0 Å². The first-order valence-electron chi connectivity index (χ1n) is 9.11. The van der Waals surface area contributed by atoms with Crippen molar-refractivity contribution in [2.24, 2.45) is 0 Å². The zero-order chi connectivity index (χ0) is 20.2. The van der Waals surface area contributed by atoms with E-state index in [1.54, 1.807) is 10.7 Å². The molecule has 7 nitrogen and oxygen atoms in total. The van der Waals surface area contributed by atoms with Crippen LogP contribution >= 0.6 is 11.6 Å². The summed E-state index contributed by atoms with van der Waals surface area (Å²) < 4.78 is 2.89. The predicted octanol–water partition coefficient (Wildman–Crippen LogP) is 2.59. The minimum Gasteiger partial charge on any atom is -0.354 e. The molecular weight excluding hydrogens is 390 g/mol. The molecule has 0 aliphatic rings. The number of nitrogens with one attached hydrogen (secondary N) is 1. The van der Waals surface area contributed by atoms with Crippen molar-refractivity contribution in [2.45, 2.75) is 13.0 Å². The number of para-hydroxylation sites is 1. The summed E-state index contributed by atoms with van der Waals surface area (Å²) in [5.74, 6) is -0.259. The van der Waals surface area contributed by atoms with E-state index >= 15 is 0 Å². The molecule has 2 heterocycles. The lowest BCUT2D eigenvalue weighted by Gasteiger charge is -2.08. The molecule has 4 aromatic rings. The minimum absolute atomic E-state index is 0.103. The number of benzene rings is 2. The van der Waals surface area contributed by atoms with Crippen LogP contribution in [0.1, 0.15) is 5.56 Å². The zero-order valence-electron chi connectivity index (χ0n) is 15.5. The molecule has 1 amide bonds. The maximum absolute atomic E-state index is 12.7. The molecular formula is C21H18ClN5O2. The third kappa shape index (κ3) is 4.20. The minimum atomic E-state index is -0.304. The molecule has 2 aromatic heterocycles. The number of hydrogen-bond donors (Lipinski definition) is 1. The van der Waals surface area contributed by atoms with Gasteiger partial charge in [0.15, 0.2) is 5.65 Å². The molecule has 29 heavy (non-hydrogen) atoms. The lowest BCUT2D eigenvalue weighted by Crippen LogP contribution is -2.33. The molecule has 2 aromatic carbocycles. The van der Waals surface area contributed by atoms with Gasteiger partial charge in [0.2, 0.25) is 5.91 Å². The summed E-state index contributed by atoms with van der Waals surface area (Å²) in [5, 5.41) is 8.11. The average Bonchev–Trinajstić information content (AvgIpc) is 3.16. The normalized spacial score (nSPS) is 10.9. The Hall–Kier alpha value is -3.45. The van der Waals surface area contributed by atoms with Crippen molar-refractivity contribution < 1.29 is 4.79 Å². The summed E-state index contributed by atoms with van der Waals surface area (Å²) in [6.07, 6.45) is 3.51. The molecule has 0 atom stereocenters. The summed E-state index contributed by atoms with van der Waals surface area (Å²) in [4.78, 5) is 29.3. The van der Waals surface area contributed by atoms with Gasteiger partial charge >= 0.3 is 0 Å². The van der Waals surface area contributed by atoms with E-state index in [9.17, 15) is 9.59 Å². The van der Waals surface area contributed by atoms with Gasteiger partial charge in [-0.1, -0.05) is 41.9 Å². The van der Waals surface area contributed by atoms with Crippen molar-refractivity contribution in [1.82, 2.24) is 24.6 Å². The first kappa shape index (κ1) is 18.9. The van der Waals surface area contributed by atoms with Gasteiger partial charge < -0.3 is 5.32 Å². The van der Waals surface area contributed by atoms with Crippen molar-refractivity contribution in [3.05, 3.63) is 88.1 Å². The molecule has 0 spiro atoms. The second kappa shape index (κ2) is 8.28. The highest BCUT2D eigenvalue weighted by Gasteiger charge is 2.13. The molecule has 0 saturated carbocycles. The molecule has 1 N–H and O–H groups in total. The number of aromatic nitrogens is 4. The van der Waals surface area contributed by atoms with Gasteiger partial charge in [-0.05, 0) is 36.2 Å². The molecule has 146 valence electrons. The van der Waals surface area contributed by atoms with Crippen LogP contribution in [-0.4, -0.2) is 31.8 Å². The Morgan fingerprint density at radius 1 is 1.10 bits per heavy atom. The Morgan fingerprint density at radius 2 is 1.93 bits per heavy atom. The second-order valence-electron chi connectivity index (χ2n) is 6.54. The summed E-state index contributed by atoms with van der Waals surface area (Å²) in [6.45, 7) is 0.351. The number of hydrogen-bond acceptors (Lipinski definition) is 4. The smallest absolute Gasteiger partial charge is 0.264 e. The number of halogens is 1. The van der Waals surface area contributed by atoms with Crippen molar-refractivity contribution in [3.63, 3.8) is 0 Å². The SMILES string of the molecule is O=C(Cn1cnc2c(cnn2-c2ccccc2)c1=O)NCCc1cccc(Cl)c1. The number of amides is 1. The first-order valence-corrected chi connectivity index (χ1v) is 9.49. The molecule has 0 radical (unpaired) electrons. The average molecular weight is 408 g/mol. The van der Waals surface area contributed by atoms with E-state index in [0.717, 1.165) is 11.3 Å². The van der Waals surface area contributed by atoms with Gasteiger partial charge in [-0.15, -0.1) is 0 Å². The van der Waals surface area contributed by atoms with Gasteiger partial charge in [0.05, 0.1) is 11.9 Å². The van der Waals surface area contributed by atoms with E-state index in [1.165, 1.54) is 17.1 Å². The standard InChI is InChI=1S/C21H18ClN5O2/c22-16-6-4-5-15(11-16)9-10-23-19(28)13-26-14-24-20-18(21(26)29)12-25-27(20)17-7-2-1-3-8-17/h1-8,11-12,14H,9-10,13H2,(H,23,28). The molecule has 0 aliphatic heterocycles. The van der Waals surface area contributed by atoms with Crippen LogP contribution in [0.4, 0.5) is 0 Å². The number of carbonyl (C=O) groups excluding carboxylic acids is 1. The van der Waals surface area contributed by atoms with Gasteiger partial charge in [0.25, 0.3) is 5.56 Å². The fraction of sp³-hybridized carbons (Fsp3) is 0.143. The van der Waals surface area contributed by atoms with Gasteiger partial charge in [0, 0.05) is 11.6 Å². The molecule has 4 rings (SSSR count). The Kier molecular flexibility index (Phi) is 5.39.